The van der Waals surface area contributed by atoms with E-state index in [1.807, 2.05) is 6.20 Å². The maximum Gasteiger partial charge on any atom is 0.182 e. The summed E-state index contributed by atoms with van der Waals surface area (Å²) in [6, 6.07) is 6.42. The second-order valence-electron chi connectivity index (χ2n) is 4.44. The predicted molar refractivity (Wildman–Crippen MR) is 82.5 cm³/mol. The molecule has 1 aromatic carbocycles. The summed E-state index contributed by atoms with van der Waals surface area (Å²) in [7, 11) is 0. The maximum atomic E-state index is 5.38. The highest BCUT2D eigenvalue weighted by Crippen LogP contribution is 2.23. The van der Waals surface area contributed by atoms with Crippen molar-refractivity contribution in [2.24, 2.45) is 0 Å². The maximum absolute atomic E-state index is 5.38. The molecule has 0 saturated carbocycles. The van der Waals surface area contributed by atoms with Gasteiger partial charge in [0.25, 0.3) is 0 Å². The number of rotatable bonds is 2. The minimum Gasteiger partial charge on any atom is -0.337 e. The molecular weight excluding hydrogens is 343 g/mol. The van der Waals surface area contributed by atoms with Crippen molar-refractivity contribution in [3.63, 3.8) is 0 Å². The van der Waals surface area contributed by atoms with E-state index in [9.17, 15) is 0 Å². The molecule has 90 valence electrons. The molecule has 0 aliphatic heterocycles. The monoisotopic (exact) mass is 358 g/mol. The van der Waals surface area contributed by atoms with Gasteiger partial charge in [-0.3, -0.25) is 4.57 Å². The third kappa shape index (κ3) is 2.47. The number of hydrogen-bond donors (Lipinski definition) is 1. The Morgan fingerprint density at radius 2 is 2.06 bits per heavy atom. The van der Waals surface area contributed by atoms with Gasteiger partial charge in [0.15, 0.2) is 4.77 Å². The first-order valence-electron chi connectivity index (χ1n) is 5.57. The minimum atomic E-state index is 0.445. The van der Waals surface area contributed by atoms with Gasteiger partial charge < -0.3 is 4.98 Å². The van der Waals surface area contributed by atoms with E-state index in [1.54, 1.807) is 0 Å². The molecule has 0 saturated heterocycles. The Bertz CT molecular complexity index is 596. The first-order valence-corrected chi connectivity index (χ1v) is 7.06. The Labute approximate surface area is 120 Å². The molecule has 0 bridgehead atoms. The van der Waals surface area contributed by atoms with E-state index in [1.165, 1.54) is 20.5 Å². The van der Waals surface area contributed by atoms with Crippen LogP contribution < -0.4 is 0 Å². The van der Waals surface area contributed by atoms with Gasteiger partial charge in [-0.15, -0.1) is 0 Å². The van der Waals surface area contributed by atoms with E-state index in [0.29, 0.717) is 5.92 Å². The van der Waals surface area contributed by atoms with E-state index < -0.39 is 0 Å². The van der Waals surface area contributed by atoms with Gasteiger partial charge in [0.2, 0.25) is 0 Å². The van der Waals surface area contributed by atoms with Crippen LogP contribution >= 0.6 is 34.8 Å². The standard InChI is InChI=1S/C13H15IN2S/c1-8(2)12-7-15-13(17)16(12)11-6-10(14)5-4-9(11)3/h4-8H,1-3H3,(H,15,17). The Morgan fingerprint density at radius 3 is 2.71 bits per heavy atom. The van der Waals surface area contributed by atoms with Crippen LogP contribution in [-0.2, 0) is 0 Å². The highest BCUT2D eigenvalue weighted by molar-refractivity contribution is 14.1. The van der Waals surface area contributed by atoms with Crippen LogP contribution in [0.1, 0.15) is 31.0 Å². The van der Waals surface area contributed by atoms with Gasteiger partial charge in [0, 0.05) is 15.5 Å². The van der Waals surface area contributed by atoms with Gasteiger partial charge in [-0.25, -0.2) is 0 Å². The first kappa shape index (κ1) is 12.8. The van der Waals surface area contributed by atoms with Crippen molar-refractivity contribution in [3.8, 4) is 5.69 Å². The molecule has 2 nitrogen and oxygen atoms in total. The lowest BCUT2D eigenvalue weighted by Crippen LogP contribution is -2.04. The summed E-state index contributed by atoms with van der Waals surface area (Å²) in [6.07, 6.45) is 2.01. The number of halogens is 1. The number of imidazole rings is 1. The van der Waals surface area contributed by atoms with Crippen molar-refractivity contribution >= 4 is 34.8 Å². The van der Waals surface area contributed by atoms with Gasteiger partial charge in [0.1, 0.15) is 0 Å². The molecule has 1 heterocycles. The molecule has 2 rings (SSSR count). The quantitative estimate of drug-likeness (QED) is 0.616. The number of aromatic nitrogens is 2. The predicted octanol–water partition coefficient (Wildman–Crippen LogP) is 4.57. The van der Waals surface area contributed by atoms with Crippen LogP contribution in [0.5, 0.6) is 0 Å². The van der Waals surface area contributed by atoms with Crippen LogP contribution in [0, 0.1) is 15.3 Å². The van der Waals surface area contributed by atoms with Gasteiger partial charge in [-0.2, -0.15) is 0 Å². The molecule has 0 radical (unpaired) electrons. The van der Waals surface area contributed by atoms with Gasteiger partial charge >= 0.3 is 0 Å². The summed E-state index contributed by atoms with van der Waals surface area (Å²) in [4.78, 5) is 3.14. The number of nitrogens with zero attached hydrogens (tertiary/aromatic N) is 1. The molecule has 1 aromatic heterocycles. The lowest BCUT2D eigenvalue weighted by molar-refractivity contribution is 0.781. The van der Waals surface area contributed by atoms with E-state index in [-0.39, 0.29) is 0 Å². The zero-order chi connectivity index (χ0) is 12.6. The van der Waals surface area contributed by atoms with Crippen LogP contribution in [0.3, 0.4) is 0 Å². The fourth-order valence-electron chi connectivity index (χ4n) is 1.88. The second-order valence-corrected chi connectivity index (χ2v) is 6.07. The Morgan fingerprint density at radius 1 is 1.35 bits per heavy atom. The van der Waals surface area contributed by atoms with Crippen molar-refractivity contribution < 1.29 is 0 Å². The Hall–Kier alpha value is -0.620. The number of aryl methyl sites for hydroxylation is 1. The zero-order valence-electron chi connectivity index (χ0n) is 10.1. The lowest BCUT2D eigenvalue weighted by atomic mass is 10.1. The van der Waals surface area contributed by atoms with Crippen LogP contribution in [0.4, 0.5) is 0 Å². The lowest BCUT2D eigenvalue weighted by Gasteiger charge is -2.13. The molecule has 0 atom stereocenters. The van der Waals surface area contributed by atoms with Gasteiger partial charge in [-0.05, 0) is 65.3 Å². The summed E-state index contributed by atoms with van der Waals surface area (Å²) in [5.74, 6) is 0.445. The number of H-pyrrole nitrogens is 1. The van der Waals surface area contributed by atoms with Gasteiger partial charge in [-0.1, -0.05) is 19.9 Å². The molecule has 17 heavy (non-hydrogen) atoms. The van der Waals surface area contributed by atoms with Crippen molar-refractivity contribution in [1.82, 2.24) is 9.55 Å². The van der Waals surface area contributed by atoms with Crippen LogP contribution in [-0.4, -0.2) is 9.55 Å². The molecule has 0 aliphatic rings. The number of nitrogens with one attached hydrogen (secondary N) is 1. The number of aromatic amines is 1. The average molecular weight is 358 g/mol. The summed E-state index contributed by atoms with van der Waals surface area (Å²) >= 11 is 7.71. The fourth-order valence-corrected chi connectivity index (χ4v) is 2.62. The fraction of sp³-hybridized carbons (Fsp3) is 0.308. The Balaban J connectivity index is 2.72. The van der Waals surface area contributed by atoms with Crippen molar-refractivity contribution in [2.45, 2.75) is 26.7 Å². The largest absolute Gasteiger partial charge is 0.337 e. The molecule has 0 spiro atoms. The van der Waals surface area contributed by atoms with E-state index in [2.05, 4.69) is 71.1 Å². The molecule has 2 aromatic rings. The third-order valence-corrected chi connectivity index (χ3v) is 3.78. The summed E-state index contributed by atoms with van der Waals surface area (Å²) in [5.41, 5.74) is 3.63. The molecule has 0 unspecified atom stereocenters. The SMILES string of the molecule is Cc1ccc(I)cc1-n1c(C(C)C)c[nH]c1=S. The molecule has 0 aliphatic carbocycles. The summed E-state index contributed by atoms with van der Waals surface area (Å²) < 4.78 is 4.12. The molecule has 4 heteroatoms. The highest BCUT2D eigenvalue weighted by Gasteiger charge is 2.11. The summed E-state index contributed by atoms with van der Waals surface area (Å²) in [6.45, 7) is 6.47. The normalized spacial score (nSPS) is 11.1. The second kappa shape index (κ2) is 4.94. The van der Waals surface area contributed by atoms with E-state index in [0.717, 1.165) is 4.77 Å². The van der Waals surface area contributed by atoms with E-state index in [4.69, 9.17) is 12.2 Å². The summed E-state index contributed by atoms with van der Waals surface area (Å²) in [5, 5.41) is 0. The van der Waals surface area contributed by atoms with Crippen molar-refractivity contribution in [3.05, 3.63) is 44.0 Å². The topological polar surface area (TPSA) is 20.7 Å². The third-order valence-electron chi connectivity index (χ3n) is 2.81. The highest BCUT2D eigenvalue weighted by atomic mass is 127. The number of hydrogen-bond acceptors (Lipinski definition) is 1. The molecule has 0 fully saturated rings. The first-order chi connectivity index (χ1) is 8.00. The Kier molecular flexibility index (Phi) is 3.73. The van der Waals surface area contributed by atoms with Crippen molar-refractivity contribution in [2.75, 3.05) is 0 Å². The minimum absolute atomic E-state index is 0.445. The van der Waals surface area contributed by atoms with Crippen LogP contribution in [0.2, 0.25) is 0 Å². The smallest absolute Gasteiger partial charge is 0.182 e. The zero-order valence-corrected chi connectivity index (χ0v) is 13.1. The van der Waals surface area contributed by atoms with Crippen LogP contribution in [0.25, 0.3) is 5.69 Å². The van der Waals surface area contributed by atoms with Crippen LogP contribution in [0.15, 0.2) is 24.4 Å². The van der Waals surface area contributed by atoms with E-state index >= 15 is 0 Å². The average Bonchev–Trinajstić information content (AvgIpc) is 2.64. The molecule has 0 amide bonds. The molecule has 1 N–H and O–H groups in total. The molecular formula is C13H15IN2S. The number of benzene rings is 1. The van der Waals surface area contributed by atoms with Gasteiger partial charge in [0.05, 0.1) is 5.69 Å². The van der Waals surface area contributed by atoms with Crippen molar-refractivity contribution in [1.29, 1.82) is 0 Å².